The average Bonchev–Trinajstić information content (AvgIpc) is 2.53. The Morgan fingerprint density at radius 1 is 0.913 bits per heavy atom. The molecule has 0 amide bonds. The molecule has 127 valence electrons. The third-order valence-corrected chi connectivity index (χ3v) is 3.01. The summed E-state index contributed by atoms with van der Waals surface area (Å²) in [6.45, 7) is 1.73. The van der Waals surface area contributed by atoms with Gasteiger partial charge in [0.1, 0.15) is 11.5 Å². The fourth-order valence-electron chi connectivity index (χ4n) is 1.32. The minimum atomic E-state index is 0. The molecule has 0 bridgehead atoms. The first-order chi connectivity index (χ1) is 10.5. The quantitative estimate of drug-likeness (QED) is 0.228. The fourth-order valence-corrected chi connectivity index (χ4v) is 1.40. The van der Waals surface area contributed by atoms with Crippen LogP contribution >= 0.6 is 0 Å². The molecule has 1 radical (unpaired) electrons. The van der Waals surface area contributed by atoms with Crippen molar-refractivity contribution < 1.29 is 22.2 Å². The summed E-state index contributed by atoms with van der Waals surface area (Å²) in [5.74, 6) is 0.154. The van der Waals surface area contributed by atoms with Crippen LogP contribution in [0.2, 0.25) is 0 Å². The fraction of sp³-hybridized carbons (Fsp3) is 0.231. The Labute approximate surface area is 156 Å². The number of hydrogen-bond acceptors (Lipinski definition) is 7. The van der Waals surface area contributed by atoms with E-state index in [9.17, 15) is 5.11 Å². The predicted molar refractivity (Wildman–Crippen MR) is 95.5 cm³/mol. The first-order valence-corrected chi connectivity index (χ1v) is 7.06. The summed E-state index contributed by atoms with van der Waals surface area (Å²) < 4.78 is 0. The van der Waals surface area contributed by atoms with Crippen molar-refractivity contribution in [3.05, 3.63) is 29.8 Å². The van der Waals surface area contributed by atoms with Crippen LogP contribution in [0.1, 0.15) is 12.5 Å². The number of rotatable bonds is 4. The van der Waals surface area contributed by atoms with Gasteiger partial charge in [0.15, 0.2) is 0 Å². The van der Waals surface area contributed by atoms with E-state index in [0.29, 0.717) is 17.0 Å². The Morgan fingerprint density at radius 2 is 1.39 bits per heavy atom. The molecule has 0 unspecified atom stereocenters. The summed E-state index contributed by atoms with van der Waals surface area (Å²) >= 11 is 9.84. The SMILES string of the molecule is CNC([S-])=NN=C(C)C(=NN=C([S-])NC)c1ccc(O)cc1.[Cu+2]. The topological polar surface area (TPSA) is 93.7 Å². The number of nitrogens with one attached hydrogen (secondary N) is 2. The number of benzene rings is 1. The molecule has 1 aromatic carbocycles. The largest absolute Gasteiger partial charge is 2.00 e. The molecular formula is C13H16CuN6OS2. The van der Waals surface area contributed by atoms with Crippen LogP contribution in [0.25, 0.3) is 0 Å². The molecule has 23 heavy (non-hydrogen) atoms. The molecule has 0 heterocycles. The van der Waals surface area contributed by atoms with E-state index in [1.165, 1.54) is 0 Å². The zero-order valence-electron chi connectivity index (χ0n) is 12.7. The maximum absolute atomic E-state index is 9.37. The maximum atomic E-state index is 9.37. The zero-order chi connectivity index (χ0) is 16.5. The number of aromatic hydroxyl groups is 1. The normalized spacial score (nSPS) is 13.3. The predicted octanol–water partition coefficient (Wildman–Crippen LogP) is 0.714. The van der Waals surface area contributed by atoms with Crippen molar-refractivity contribution in [2.75, 3.05) is 14.1 Å². The Bertz CT molecular complexity index is 628. The van der Waals surface area contributed by atoms with E-state index in [2.05, 4.69) is 31.0 Å². The Balaban J connectivity index is 0.00000484. The van der Waals surface area contributed by atoms with E-state index in [1.807, 2.05) is 0 Å². The third kappa shape index (κ3) is 7.38. The van der Waals surface area contributed by atoms with Crippen molar-refractivity contribution in [2.45, 2.75) is 6.92 Å². The van der Waals surface area contributed by atoms with E-state index in [4.69, 9.17) is 25.3 Å². The molecule has 0 aliphatic heterocycles. The smallest absolute Gasteiger partial charge is 0.741 e. The number of amidine groups is 2. The molecule has 1 aromatic rings. The molecule has 7 nitrogen and oxygen atoms in total. The zero-order valence-corrected chi connectivity index (χ0v) is 15.2. The minimum Gasteiger partial charge on any atom is -0.741 e. The summed E-state index contributed by atoms with van der Waals surface area (Å²) in [7, 11) is 3.32. The summed E-state index contributed by atoms with van der Waals surface area (Å²) in [6, 6.07) is 6.48. The van der Waals surface area contributed by atoms with Gasteiger partial charge in [0.25, 0.3) is 0 Å². The molecule has 1 rings (SSSR count). The van der Waals surface area contributed by atoms with Crippen LogP contribution in [-0.2, 0) is 42.3 Å². The molecular weight excluding hydrogens is 384 g/mol. The first-order valence-electron chi connectivity index (χ1n) is 6.25. The molecule has 0 aliphatic carbocycles. The van der Waals surface area contributed by atoms with Gasteiger partial charge in [-0.05, 0) is 41.5 Å². The van der Waals surface area contributed by atoms with Crippen LogP contribution in [0.15, 0.2) is 44.7 Å². The molecule has 3 N–H and O–H groups in total. The van der Waals surface area contributed by atoms with Gasteiger partial charge in [0.05, 0.1) is 5.71 Å². The van der Waals surface area contributed by atoms with Crippen molar-refractivity contribution in [3.8, 4) is 5.75 Å². The van der Waals surface area contributed by atoms with Crippen LogP contribution in [0.5, 0.6) is 5.75 Å². The average molecular weight is 400 g/mol. The second kappa shape index (κ2) is 10.9. The van der Waals surface area contributed by atoms with Crippen molar-refractivity contribution in [2.24, 2.45) is 20.4 Å². The second-order valence-electron chi connectivity index (χ2n) is 3.99. The molecule has 0 saturated carbocycles. The molecule has 0 spiro atoms. The van der Waals surface area contributed by atoms with Gasteiger partial charge in [-0.15, -0.1) is 5.10 Å². The van der Waals surface area contributed by atoms with E-state index in [0.717, 1.165) is 0 Å². The second-order valence-corrected chi connectivity index (χ2v) is 4.76. The van der Waals surface area contributed by atoms with Gasteiger partial charge >= 0.3 is 17.1 Å². The van der Waals surface area contributed by atoms with Crippen LogP contribution in [0.4, 0.5) is 0 Å². The van der Waals surface area contributed by atoms with Crippen molar-refractivity contribution in [1.29, 1.82) is 0 Å². The summed E-state index contributed by atoms with van der Waals surface area (Å²) in [5.41, 5.74) is 1.69. The van der Waals surface area contributed by atoms with Crippen molar-refractivity contribution >= 4 is 47.0 Å². The Hall–Kier alpha value is -1.74. The number of nitrogens with zero attached hydrogens (tertiary/aromatic N) is 4. The maximum Gasteiger partial charge on any atom is 2.00 e. The third-order valence-electron chi connectivity index (χ3n) is 2.44. The summed E-state index contributed by atoms with van der Waals surface area (Å²) in [4.78, 5) is 0. The molecule has 0 saturated heterocycles. The molecule has 0 aliphatic rings. The molecule has 0 atom stereocenters. The van der Waals surface area contributed by atoms with Crippen molar-refractivity contribution in [1.82, 2.24) is 10.6 Å². The summed E-state index contributed by atoms with van der Waals surface area (Å²) in [6.07, 6.45) is 0. The molecule has 0 aromatic heterocycles. The monoisotopic (exact) mass is 399 g/mol. The van der Waals surface area contributed by atoms with Gasteiger partial charge in [-0.25, -0.2) is 0 Å². The number of phenols is 1. The minimum absolute atomic E-state index is 0. The van der Waals surface area contributed by atoms with Gasteiger partial charge in [-0.1, -0.05) is 0 Å². The van der Waals surface area contributed by atoms with Gasteiger partial charge in [-0.3, -0.25) is 0 Å². The van der Waals surface area contributed by atoms with Crippen LogP contribution in [0, 0.1) is 0 Å². The van der Waals surface area contributed by atoms with Gasteiger partial charge in [0.2, 0.25) is 0 Å². The Kier molecular flexibility index (Phi) is 10.1. The standard InChI is InChI=1S/C13H18N6OS2.Cu/c1-8(16-18-12(21)14-2)11(17-19-13(22)15-3)9-4-6-10(20)7-5-9;/h4-7,20H,1-3H3,(H2,14,18,21)(H2,15,19,22);/q;+2/p-2. The molecule has 0 fully saturated rings. The van der Waals surface area contributed by atoms with Crippen LogP contribution in [0.3, 0.4) is 0 Å². The molecule has 10 heteroatoms. The van der Waals surface area contributed by atoms with E-state index >= 15 is 0 Å². The number of hydrogen-bond donors (Lipinski definition) is 3. The van der Waals surface area contributed by atoms with E-state index in [1.54, 1.807) is 45.3 Å². The van der Waals surface area contributed by atoms with E-state index < -0.39 is 0 Å². The van der Waals surface area contributed by atoms with Crippen molar-refractivity contribution in [3.63, 3.8) is 0 Å². The summed E-state index contributed by atoms with van der Waals surface area (Å²) in [5, 5.41) is 31.1. The Morgan fingerprint density at radius 3 is 1.87 bits per heavy atom. The van der Waals surface area contributed by atoms with Gasteiger partial charge in [0, 0.05) is 19.7 Å². The first kappa shape index (κ1) is 21.3. The van der Waals surface area contributed by atoms with Gasteiger partial charge in [-0.2, -0.15) is 15.3 Å². The van der Waals surface area contributed by atoms with Crippen LogP contribution < -0.4 is 10.6 Å². The van der Waals surface area contributed by atoms with Crippen LogP contribution in [-0.4, -0.2) is 41.0 Å². The van der Waals surface area contributed by atoms with Gasteiger partial charge < -0.3 is 41.0 Å². The number of phenolic OH excluding ortho intramolecular Hbond substituents is 1. The van der Waals surface area contributed by atoms with E-state index in [-0.39, 0.29) is 33.2 Å².